The number of sulfonamides is 1. The van der Waals surface area contributed by atoms with E-state index in [1.807, 2.05) is 0 Å². The highest BCUT2D eigenvalue weighted by Gasteiger charge is 2.26. The van der Waals surface area contributed by atoms with Crippen LogP contribution in [-0.4, -0.2) is 44.0 Å². The van der Waals surface area contributed by atoms with Crippen molar-refractivity contribution in [2.75, 3.05) is 26.3 Å². The van der Waals surface area contributed by atoms with Crippen LogP contribution in [-0.2, 0) is 14.8 Å². The minimum absolute atomic E-state index is 0.319. The summed E-state index contributed by atoms with van der Waals surface area (Å²) < 4.78 is 30.3. The molecule has 0 aromatic carbocycles. The molecule has 0 unspecified atom stereocenters. The SMILES string of the molecule is O=S(=O)(c1cc[nH]c1)N1CCOCC1. The van der Waals surface area contributed by atoms with Gasteiger partial charge in [0.05, 0.1) is 18.1 Å². The molecule has 0 bridgehead atoms. The quantitative estimate of drug-likeness (QED) is 0.759. The van der Waals surface area contributed by atoms with Gasteiger partial charge in [0.25, 0.3) is 0 Å². The van der Waals surface area contributed by atoms with Gasteiger partial charge in [-0.05, 0) is 6.07 Å². The molecule has 1 N–H and O–H groups in total. The van der Waals surface area contributed by atoms with E-state index < -0.39 is 10.0 Å². The maximum atomic E-state index is 11.9. The molecule has 14 heavy (non-hydrogen) atoms. The average molecular weight is 216 g/mol. The van der Waals surface area contributed by atoms with Crippen LogP contribution in [0.5, 0.6) is 0 Å². The van der Waals surface area contributed by atoms with E-state index in [2.05, 4.69) is 4.98 Å². The van der Waals surface area contributed by atoms with Gasteiger partial charge in [0, 0.05) is 25.5 Å². The Hall–Kier alpha value is -0.850. The molecule has 0 aliphatic carbocycles. The number of aromatic amines is 1. The Kier molecular flexibility index (Phi) is 2.58. The Balaban J connectivity index is 2.23. The second-order valence-electron chi connectivity index (χ2n) is 3.06. The average Bonchev–Trinajstić information content (AvgIpc) is 2.72. The van der Waals surface area contributed by atoms with Crippen molar-refractivity contribution in [2.45, 2.75) is 4.90 Å². The summed E-state index contributed by atoms with van der Waals surface area (Å²) in [5.41, 5.74) is 0. The van der Waals surface area contributed by atoms with E-state index in [-0.39, 0.29) is 0 Å². The van der Waals surface area contributed by atoms with Gasteiger partial charge in [-0.25, -0.2) is 8.42 Å². The zero-order valence-electron chi connectivity index (χ0n) is 7.64. The van der Waals surface area contributed by atoms with Crippen molar-refractivity contribution in [3.63, 3.8) is 0 Å². The lowest BCUT2D eigenvalue weighted by molar-refractivity contribution is 0.0730. The van der Waals surface area contributed by atoms with Gasteiger partial charge in [-0.3, -0.25) is 0 Å². The van der Waals surface area contributed by atoms with E-state index >= 15 is 0 Å². The normalized spacial score (nSPS) is 19.7. The molecule has 1 aliphatic heterocycles. The molecule has 1 aliphatic rings. The minimum Gasteiger partial charge on any atom is -0.379 e. The fraction of sp³-hybridized carbons (Fsp3) is 0.500. The molecule has 1 aromatic rings. The second-order valence-corrected chi connectivity index (χ2v) is 5.00. The van der Waals surface area contributed by atoms with Crippen molar-refractivity contribution in [3.8, 4) is 0 Å². The summed E-state index contributed by atoms with van der Waals surface area (Å²) in [6.45, 7) is 1.83. The number of H-pyrrole nitrogens is 1. The van der Waals surface area contributed by atoms with Crippen LogP contribution >= 0.6 is 0 Å². The third-order valence-electron chi connectivity index (χ3n) is 2.18. The van der Waals surface area contributed by atoms with Crippen LogP contribution in [0.3, 0.4) is 0 Å². The number of nitrogens with one attached hydrogen (secondary N) is 1. The molecule has 0 radical (unpaired) electrons. The number of aromatic nitrogens is 1. The Labute approximate surface area is 82.7 Å². The van der Waals surface area contributed by atoms with Crippen molar-refractivity contribution in [1.82, 2.24) is 9.29 Å². The first-order chi connectivity index (χ1) is 6.71. The molecular formula is C8H12N2O3S. The molecule has 1 fully saturated rings. The lowest BCUT2D eigenvalue weighted by Crippen LogP contribution is -2.40. The minimum atomic E-state index is -3.30. The highest BCUT2D eigenvalue weighted by Crippen LogP contribution is 2.15. The van der Waals surface area contributed by atoms with E-state index in [1.54, 1.807) is 12.3 Å². The third kappa shape index (κ3) is 1.68. The molecule has 0 saturated carbocycles. The van der Waals surface area contributed by atoms with E-state index in [4.69, 9.17) is 4.74 Å². The molecule has 2 rings (SSSR count). The Morgan fingerprint density at radius 2 is 2.07 bits per heavy atom. The van der Waals surface area contributed by atoms with Crippen LogP contribution in [0.2, 0.25) is 0 Å². The summed E-state index contributed by atoms with van der Waals surface area (Å²) in [5.74, 6) is 0. The first kappa shape index (κ1) is 9.70. The maximum Gasteiger partial charge on any atom is 0.244 e. The second kappa shape index (κ2) is 3.72. The van der Waals surface area contributed by atoms with E-state index in [1.165, 1.54) is 10.5 Å². The van der Waals surface area contributed by atoms with Gasteiger partial charge < -0.3 is 9.72 Å². The predicted molar refractivity (Wildman–Crippen MR) is 50.4 cm³/mol. The van der Waals surface area contributed by atoms with Gasteiger partial charge in [-0.2, -0.15) is 4.31 Å². The summed E-state index contributed by atoms with van der Waals surface area (Å²) in [5, 5.41) is 0. The van der Waals surface area contributed by atoms with Crippen molar-refractivity contribution < 1.29 is 13.2 Å². The Morgan fingerprint density at radius 3 is 2.64 bits per heavy atom. The van der Waals surface area contributed by atoms with E-state index in [0.717, 1.165) is 0 Å². The highest BCUT2D eigenvalue weighted by molar-refractivity contribution is 7.89. The molecular weight excluding hydrogens is 204 g/mol. The van der Waals surface area contributed by atoms with Crippen LogP contribution in [0.25, 0.3) is 0 Å². The van der Waals surface area contributed by atoms with Crippen molar-refractivity contribution in [3.05, 3.63) is 18.5 Å². The zero-order chi connectivity index (χ0) is 10.0. The first-order valence-corrected chi connectivity index (χ1v) is 5.86. The molecule has 0 spiro atoms. The van der Waals surface area contributed by atoms with Crippen LogP contribution in [0, 0.1) is 0 Å². The largest absolute Gasteiger partial charge is 0.379 e. The first-order valence-electron chi connectivity index (χ1n) is 4.42. The van der Waals surface area contributed by atoms with Crippen LogP contribution in [0.1, 0.15) is 0 Å². The van der Waals surface area contributed by atoms with Gasteiger partial charge in [0.1, 0.15) is 0 Å². The summed E-state index contributed by atoms with van der Waals surface area (Å²) >= 11 is 0. The lowest BCUT2D eigenvalue weighted by Gasteiger charge is -2.25. The summed E-state index contributed by atoms with van der Waals surface area (Å²) in [4.78, 5) is 3.06. The molecule has 5 nitrogen and oxygen atoms in total. The lowest BCUT2D eigenvalue weighted by atomic mass is 10.5. The van der Waals surface area contributed by atoms with E-state index in [0.29, 0.717) is 31.2 Å². The third-order valence-corrected chi connectivity index (χ3v) is 4.07. The summed E-state index contributed by atoms with van der Waals surface area (Å²) in [7, 11) is -3.30. The van der Waals surface area contributed by atoms with Crippen LogP contribution < -0.4 is 0 Å². The molecule has 0 amide bonds. The Morgan fingerprint density at radius 1 is 1.36 bits per heavy atom. The van der Waals surface area contributed by atoms with Crippen molar-refractivity contribution >= 4 is 10.0 Å². The van der Waals surface area contributed by atoms with E-state index in [9.17, 15) is 8.42 Å². The van der Waals surface area contributed by atoms with Gasteiger partial charge in [0.15, 0.2) is 0 Å². The van der Waals surface area contributed by atoms with Crippen LogP contribution in [0.4, 0.5) is 0 Å². The smallest absolute Gasteiger partial charge is 0.244 e. The van der Waals surface area contributed by atoms with Crippen LogP contribution in [0.15, 0.2) is 23.4 Å². The standard InChI is InChI=1S/C8H12N2O3S/c11-14(12,8-1-2-9-7-8)10-3-5-13-6-4-10/h1-2,7,9H,3-6H2. The fourth-order valence-corrected chi connectivity index (χ4v) is 2.79. The zero-order valence-corrected chi connectivity index (χ0v) is 8.46. The van der Waals surface area contributed by atoms with Gasteiger partial charge >= 0.3 is 0 Å². The number of nitrogens with zero attached hydrogens (tertiary/aromatic N) is 1. The number of hydrogen-bond acceptors (Lipinski definition) is 3. The molecule has 0 atom stereocenters. The number of rotatable bonds is 2. The molecule has 1 aromatic heterocycles. The highest BCUT2D eigenvalue weighted by atomic mass is 32.2. The van der Waals surface area contributed by atoms with Gasteiger partial charge in [0.2, 0.25) is 10.0 Å². The summed E-state index contributed by atoms with van der Waals surface area (Å²) in [6, 6.07) is 1.56. The number of ether oxygens (including phenoxy) is 1. The van der Waals surface area contributed by atoms with Crippen molar-refractivity contribution in [2.24, 2.45) is 0 Å². The molecule has 6 heteroatoms. The van der Waals surface area contributed by atoms with Gasteiger partial charge in [-0.15, -0.1) is 0 Å². The summed E-state index contributed by atoms with van der Waals surface area (Å²) in [6.07, 6.45) is 3.10. The molecule has 1 saturated heterocycles. The number of hydrogen-bond donors (Lipinski definition) is 1. The number of morpholine rings is 1. The van der Waals surface area contributed by atoms with Crippen molar-refractivity contribution in [1.29, 1.82) is 0 Å². The Bertz CT molecular complexity index is 379. The van der Waals surface area contributed by atoms with Gasteiger partial charge in [-0.1, -0.05) is 0 Å². The monoisotopic (exact) mass is 216 g/mol. The molecule has 78 valence electrons. The molecule has 2 heterocycles. The predicted octanol–water partition coefficient (Wildman–Crippen LogP) is 0.0356. The fourth-order valence-electron chi connectivity index (χ4n) is 1.41. The maximum absolute atomic E-state index is 11.9. The topological polar surface area (TPSA) is 62.4 Å².